The molecule has 0 saturated carbocycles. The van der Waals surface area contributed by atoms with Gasteiger partial charge in [0.05, 0.1) is 4.92 Å². The largest absolute Gasteiger partial charge is 0.366 e. The first-order valence-electron chi connectivity index (χ1n) is 5.70. The molecule has 0 aliphatic carbocycles. The van der Waals surface area contributed by atoms with Crippen LogP contribution >= 0.6 is 11.6 Å². The third-order valence-corrected chi connectivity index (χ3v) is 3.07. The van der Waals surface area contributed by atoms with E-state index in [0.29, 0.717) is 11.3 Å². The van der Waals surface area contributed by atoms with Gasteiger partial charge in [0.15, 0.2) is 0 Å². The summed E-state index contributed by atoms with van der Waals surface area (Å²) in [6.07, 6.45) is 1.14. The topological polar surface area (TPSA) is 115 Å². The first-order valence-corrected chi connectivity index (χ1v) is 6.08. The molecule has 0 radical (unpaired) electrons. The second-order valence-electron chi connectivity index (χ2n) is 4.06. The summed E-state index contributed by atoms with van der Waals surface area (Å²) >= 11 is 5.74. The van der Waals surface area contributed by atoms with Gasteiger partial charge in [-0.15, -0.1) is 0 Å². The predicted octanol–water partition coefficient (Wildman–Crippen LogP) is 1.90. The lowest BCUT2D eigenvalue weighted by Crippen LogP contribution is -2.15. The molecule has 108 valence electrons. The Labute approximate surface area is 124 Å². The van der Waals surface area contributed by atoms with Crippen LogP contribution in [0.5, 0.6) is 0 Å². The molecule has 2 aromatic rings. The molecule has 1 heterocycles. The number of amides is 1. The lowest BCUT2D eigenvalue weighted by atomic mass is 10.2. The number of hydrogen-bond acceptors (Lipinski definition) is 6. The molecule has 1 aromatic carbocycles. The van der Waals surface area contributed by atoms with Crippen LogP contribution in [0, 0.1) is 10.1 Å². The smallest absolute Gasteiger partial charge is 0.348 e. The summed E-state index contributed by atoms with van der Waals surface area (Å²) in [5.74, 6) is -0.507. The van der Waals surface area contributed by atoms with Gasteiger partial charge in [0.2, 0.25) is 16.9 Å². The van der Waals surface area contributed by atoms with Gasteiger partial charge in [-0.2, -0.15) is 0 Å². The van der Waals surface area contributed by atoms with E-state index in [1.165, 1.54) is 17.0 Å². The zero-order valence-corrected chi connectivity index (χ0v) is 11.6. The van der Waals surface area contributed by atoms with Crippen LogP contribution in [0.1, 0.15) is 10.4 Å². The Bertz CT molecular complexity index is 705. The number of carbonyl (C=O) groups excluding carboxylic acids is 1. The minimum atomic E-state index is -0.647. The number of benzene rings is 1. The van der Waals surface area contributed by atoms with E-state index in [2.05, 4.69) is 9.97 Å². The fraction of sp³-hybridized carbons (Fsp3) is 0.0833. The quantitative estimate of drug-likeness (QED) is 0.524. The molecule has 21 heavy (non-hydrogen) atoms. The summed E-state index contributed by atoms with van der Waals surface area (Å²) in [7, 11) is 1.59. The predicted molar refractivity (Wildman–Crippen MR) is 76.7 cm³/mol. The van der Waals surface area contributed by atoms with Crippen molar-refractivity contribution in [2.75, 3.05) is 11.9 Å². The van der Waals surface area contributed by atoms with Crippen LogP contribution in [0.3, 0.4) is 0 Å². The Morgan fingerprint density at radius 3 is 2.48 bits per heavy atom. The number of nitrogens with two attached hydrogens (primary N) is 1. The van der Waals surface area contributed by atoms with Crippen molar-refractivity contribution in [3.8, 4) is 0 Å². The van der Waals surface area contributed by atoms with Crippen molar-refractivity contribution in [3.05, 3.63) is 51.4 Å². The summed E-state index contributed by atoms with van der Waals surface area (Å²) in [4.78, 5) is 30.4. The molecule has 2 rings (SSSR count). The fourth-order valence-electron chi connectivity index (χ4n) is 1.72. The van der Waals surface area contributed by atoms with Gasteiger partial charge >= 0.3 is 5.69 Å². The number of rotatable bonds is 4. The van der Waals surface area contributed by atoms with E-state index in [-0.39, 0.29) is 16.7 Å². The first kappa shape index (κ1) is 14.7. The van der Waals surface area contributed by atoms with Crippen LogP contribution in [0.4, 0.5) is 17.2 Å². The summed E-state index contributed by atoms with van der Waals surface area (Å²) in [6, 6.07) is 6.23. The average molecular weight is 308 g/mol. The van der Waals surface area contributed by atoms with Crippen molar-refractivity contribution < 1.29 is 9.72 Å². The average Bonchev–Trinajstić information content (AvgIpc) is 2.46. The lowest BCUT2D eigenvalue weighted by Gasteiger charge is -2.18. The third-order valence-electron chi connectivity index (χ3n) is 2.80. The van der Waals surface area contributed by atoms with Crippen LogP contribution in [0.25, 0.3) is 0 Å². The standard InChI is InChI=1S/C12H10ClN5O3/c1-17(8-4-2-7(3-5-8)11(14)19)12-9(18(20)21)10(13)15-6-16-12/h2-6H,1H3,(H2,14,19). The van der Waals surface area contributed by atoms with Gasteiger partial charge < -0.3 is 10.6 Å². The van der Waals surface area contributed by atoms with Crippen molar-refractivity contribution in [1.29, 1.82) is 0 Å². The van der Waals surface area contributed by atoms with Gasteiger partial charge in [0, 0.05) is 18.3 Å². The summed E-state index contributed by atoms with van der Waals surface area (Å²) in [5, 5.41) is 10.8. The Morgan fingerprint density at radius 1 is 1.33 bits per heavy atom. The molecular formula is C12H10ClN5O3. The Hall–Kier alpha value is -2.74. The number of halogens is 1. The second-order valence-corrected chi connectivity index (χ2v) is 4.42. The minimum Gasteiger partial charge on any atom is -0.366 e. The van der Waals surface area contributed by atoms with E-state index in [0.717, 1.165) is 6.33 Å². The number of anilines is 2. The van der Waals surface area contributed by atoms with Gasteiger partial charge in [-0.25, -0.2) is 9.97 Å². The van der Waals surface area contributed by atoms with Crippen molar-refractivity contribution >= 4 is 34.7 Å². The molecule has 0 atom stereocenters. The summed E-state index contributed by atoms with van der Waals surface area (Å²) in [6.45, 7) is 0. The van der Waals surface area contributed by atoms with Crippen LogP contribution in [-0.2, 0) is 0 Å². The van der Waals surface area contributed by atoms with Crippen LogP contribution in [-0.4, -0.2) is 27.8 Å². The van der Waals surface area contributed by atoms with Crippen LogP contribution in [0.15, 0.2) is 30.6 Å². The van der Waals surface area contributed by atoms with Crippen LogP contribution < -0.4 is 10.6 Å². The number of nitrogens with zero attached hydrogens (tertiary/aromatic N) is 4. The molecule has 1 aromatic heterocycles. The molecular weight excluding hydrogens is 298 g/mol. The van der Waals surface area contributed by atoms with Gasteiger partial charge in [-0.05, 0) is 24.3 Å². The fourth-order valence-corrected chi connectivity index (χ4v) is 1.92. The van der Waals surface area contributed by atoms with Gasteiger partial charge in [-0.1, -0.05) is 11.6 Å². The Kier molecular flexibility index (Phi) is 3.99. The first-order chi connectivity index (χ1) is 9.91. The zero-order chi connectivity index (χ0) is 15.6. The van der Waals surface area contributed by atoms with Crippen molar-refractivity contribution in [2.24, 2.45) is 5.73 Å². The molecule has 9 heteroatoms. The van der Waals surface area contributed by atoms with E-state index < -0.39 is 10.8 Å². The molecule has 0 aliphatic rings. The number of primary amides is 1. The second kappa shape index (κ2) is 5.71. The van der Waals surface area contributed by atoms with Gasteiger partial charge in [0.25, 0.3) is 0 Å². The van der Waals surface area contributed by atoms with E-state index in [9.17, 15) is 14.9 Å². The lowest BCUT2D eigenvalue weighted by molar-refractivity contribution is -0.384. The molecule has 0 fully saturated rings. The molecule has 0 saturated heterocycles. The molecule has 0 bridgehead atoms. The molecule has 0 aliphatic heterocycles. The third kappa shape index (κ3) is 2.90. The van der Waals surface area contributed by atoms with E-state index in [1.807, 2.05) is 0 Å². The highest BCUT2D eigenvalue weighted by Gasteiger charge is 2.25. The molecule has 2 N–H and O–H groups in total. The monoisotopic (exact) mass is 307 g/mol. The maximum absolute atomic E-state index is 11.1. The number of hydrogen-bond donors (Lipinski definition) is 1. The van der Waals surface area contributed by atoms with E-state index in [4.69, 9.17) is 17.3 Å². The highest BCUT2D eigenvalue weighted by atomic mass is 35.5. The Balaban J connectivity index is 2.45. The molecule has 0 unspecified atom stereocenters. The van der Waals surface area contributed by atoms with E-state index in [1.54, 1.807) is 19.2 Å². The molecule has 0 spiro atoms. The molecule has 1 amide bonds. The van der Waals surface area contributed by atoms with Crippen LogP contribution in [0.2, 0.25) is 5.15 Å². The summed E-state index contributed by atoms with van der Waals surface area (Å²) < 4.78 is 0. The van der Waals surface area contributed by atoms with Gasteiger partial charge in [0.1, 0.15) is 6.33 Å². The number of carbonyl (C=O) groups is 1. The highest BCUT2D eigenvalue weighted by molar-refractivity contribution is 6.31. The maximum atomic E-state index is 11.1. The van der Waals surface area contributed by atoms with Crippen molar-refractivity contribution in [3.63, 3.8) is 0 Å². The summed E-state index contributed by atoms with van der Waals surface area (Å²) in [5.41, 5.74) is 5.68. The number of aromatic nitrogens is 2. The van der Waals surface area contributed by atoms with Crippen molar-refractivity contribution in [2.45, 2.75) is 0 Å². The van der Waals surface area contributed by atoms with Gasteiger partial charge in [-0.3, -0.25) is 14.9 Å². The normalized spacial score (nSPS) is 10.2. The minimum absolute atomic E-state index is 0.0480. The van der Waals surface area contributed by atoms with E-state index >= 15 is 0 Å². The highest BCUT2D eigenvalue weighted by Crippen LogP contribution is 2.34. The SMILES string of the molecule is CN(c1ccc(C(N)=O)cc1)c1ncnc(Cl)c1[N+](=O)[O-]. The maximum Gasteiger partial charge on any atom is 0.348 e. The molecule has 8 nitrogen and oxygen atoms in total. The Morgan fingerprint density at radius 2 is 1.95 bits per heavy atom. The van der Waals surface area contributed by atoms with Crippen molar-refractivity contribution in [1.82, 2.24) is 9.97 Å². The zero-order valence-electron chi connectivity index (χ0n) is 10.9. The number of nitro groups is 1.